The van der Waals surface area contributed by atoms with E-state index in [0.29, 0.717) is 6.61 Å². The Labute approximate surface area is 350 Å². The minimum atomic E-state index is -4.61. The standard InChI is InChI=1S/C46H92NO9P/c1-3-5-7-9-11-13-15-17-19-21-22-23-25-27-29-31-33-35-37-39-53-40-43(41-54-57(51,52)55-42-44(47)46(49)50)56-45(48)38-36-34-32-30-28-26-24-20-18-16-14-12-10-8-6-4-2/h43-44H,3-42,47H2,1-2H3,(H,49,50)(H,51,52). The molecule has 0 radical (unpaired) electrons. The molecule has 0 aromatic rings. The number of aliphatic carboxylic acids is 1. The molecule has 0 bridgehead atoms. The largest absolute Gasteiger partial charge is 0.480 e. The highest BCUT2D eigenvalue weighted by molar-refractivity contribution is 7.47. The molecule has 0 aliphatic heterocycles. The molecule has 10 nitrogen and oxygen atoms in total. The molecule has 0 aromatic carbocycles. The number of esters is 1. The quantitative estimate of drug-likeness (QED) is 0.0306. The number of hydrogen-bond donors (Lipinski definition) is 3. The molecule has 0 heterocycles. The molecule has 0 saturated heterocycles. The van der Waals surface area contributed by atoms with Crippen molar-refractivity contribution in [3.05, 3.63) is 0 Å². The molecule has 0 aliphatic carbocycles. The van der Waals surface area contributed by atoms with Gasteiger partial charge in [0.15, 0.2) is 0 Å². The summed E-state index contributed by atoms with van der Waals surface area (Å²) in [5.41, 5.74) is 5.37. The van der Waals surface area contributed by atoms with Crippen LogP contribution in [0.25, 0.3) is 0 Å². The molecule has 0 aliphatic rings. The summed E-state index contributed by atoms with van der Waals surface area (Å²) in [6, 6.07) is -1.47. The van der Waals surface area contributed by atoms with Crippen LogP contribution < -0.4 is 5.73 Å². The first kappa shape index (κ1) is 56.0. The van der Waals surface area contributed by atoms with Crippen LogP contribution in [-0.2, 0) is 32.7 Å². The van der Waals surface area contributed by atoms with Gasteiger partial charge in [-0.1, -0.05) is 226 Å². The van der Waals surface area contributed by atoms with Gasteiger partial charge < -0.3 is 25.2 Å². The van der Waals surface area contributed by atoms with Gasteiger partial charge in [0, 0.05) is 13.0 Å². The van der Waals surface area contributed by atoms with Crippen molar-refractivity contribution in [1.82, 2.24) is 0 Å². The van der Waals surface area contributed by atoms with Gasteiger partial charge in [-0.15, -0.1) is 0 Å². The molecule has 0 spiro atoms. The SMILES string of the molecule is CCCCCCCCCCCCCCCCCCCCCOCC(COP(=O)(O)OCC(N)C(=O)O)OC(=O)CCCCCCCCCCCCCCCCCC. The highest BCUT2D eigenvalue weighted by atomic mass is 31.2. The number of phosphoric ester groups is 1. The predicted molar refractivity (Wildman–Crippen MR) is 236 cm³/mol. The second kappa shape index (κ2) is 43.1. The minimum absolute atomic E-state index is 0.0262. The average molecular weight is 834 g/mol. The van der Waals surface area contributed by atoms with Crippen molar-refractivity contribution in [3.8, 4) is 0 Å². The number of ether oxygens (including phenoxy) is 2. The van der Waals surface area contributed by atoms with Gasteiger partial charge in [-0.3, -0.25) is 18.6 Å². The van der Waals surface area contributed by atoms with Gasteiger partial charge in [0.1, 0.15) is 12.1 Å². The Kier molecular flexibility index (Phi) is 42.3. The van der Waals surface area contributed by atoms with Crippen LogP contribution in [0.4, 0.5) is 0 Å². The summed E-state index contributed by atoms with van der Waals surface area (Å²) in [6.45, 7) is 3.95. The summed E-state index contributed by atoms with van der Waals surface area (Å²) < 4.78 is 33.5. The fraction of sp³-hybridized carbons (Fsp3) is 0.957. The van der Waals surface area contributed by atoms with Gasteiger partial charge in [0.25, 0.3) is 0 Å². The zero-order valence-corrected chi connectivity index (χ0v) is 38.1. The number of carboxylic acids is 1. The monoisotopic (exact) mass is 834 g/mol. The van der Waals surface area contributed by atoms with Crippen LogP contribution in [0.3, 0.4) is 0 Å². The van der Waals surface area contributed by atoms with Crippen molar-refractivity contribution in [2.45, 2.75) is 257 Å². The summed E-state index contributed by atoms with van der Waals surface area (Å²) in [5.74, 6) is -1.76. The average Bonchev–Trinajstić information content (AvgIpc) is 3.19. The highest BCUT2D eigenvalue weighted by Gasteiger charge is 2.27. The molecule has 0 saturated carbocycles. The van der Waals surface area contributed by atoms with Crippen LogP contribution in [-0.4, -0.2) is 60.5 Å². The second-order valence-corrected chi connectivity index (χ2v) is 18.1. The van der Waals surface area contributed by atoms with Crippen molar-refractivity contribution >= 4 is 19.8 Å². The molecule has 0 aromatic heterocycles. The molecule has 0 rings (SSSR count). The van der Waals surface area contributed by atoms with E-state index in [9.17, 15) is 19.0 Å². The highest BCUT2D eigenvalue weighted by Crippen LogP contribution is 2.43. The number of unbranched alkanes of at least 4 members (excludes halogenated alkanes) is 33. The normalized spacial score (nSPS) is 13.8. The minimum Gasteiger partial charge on any atom is -0.480 e. The smallest absolute Gasteiger partial charge is 0.472 e. The predicted octanol–water partition coefficient (Wildman–Crippen LogP) is 13.5. The van der Waals surface area contributed by atoms with E-state index in [1.165, 1.54) is 186 Å². The molecular formula is C46H92NO9P. The molecule has 3 atom stereocenters. The lowest BCUT2D eigenvalue weighted by molar-refractivity contribution is -0.154. The first-order valence-corrected chi connectivity index (χ1v) is 25.6. The maximum atomic E-state index is 12.7. The third kappa shape index (κ3) is 42.9. The van der Waals surface area contributed by atoms with E-state index in [2.05, 4.69) is 13.8 Å². The molecule has 57 heavy (non-hydrogen) atoms. The van der Waals surface area contributed by atoms with Crippen LogP contribution in [0, 0.1) is 0 Å². The van der Waals surface area contributed by atoms with E-state index >= 15 is 0 Å². The van der Waals surface area contributed by atoms with E-state index in [-0.39, 0.29) is 13.0 Å². The zero-order valence-electron chi connectivity index (χ0n) is 37.2. The Hall–Kier alpha value is -1.03. The molecule has 11 heteroatoms. The van der Waals surface area contributed by atoms with Gasteiger partial charge in [-0.25, -0.2) is 4.57 Å². The van der Waals surface area contributed by atoms with Crippen LogP contribution in [0.15, 0.2) is 0 Å². The number of hydrogen-bond acceptors (Lipinski definition) is 8. The molecule has 3 unspecified atom stereocenters. The summed E-state index contributed by atoms with van der Waals surface area (Å²) >= 11 is 0. The zero-order chi connectivity index (χ0) is 41.9. The van der Waals surface area contributed by atoms with Crippen molar-refractivity contribution in [2.75, 3.05) is 26.4 Å². The van der Waals surface area contributed by atoms with Gasteiger partial charge in [-0.05, 0) is 12.8 Å². The first-order chi connectivity index (χ1) is 27.7. The van der Waals surface area contributed by atoms with Crippen LogP contribution in [0.2, 0.25) is 0 Å². The topological polar surface area (TPSA) is 155 Å². The Bertz CT molecular complexity index is 924. The Morgan fingerprint density at radius 3 is 1.16 bits per heavy atom. The van der Waals surface area contributed by atoms with E-state index in [4.69, 9.17) is 29.4 Å². The van der Waals surface area contributed by atoms with Gasteiger partial charge >= 0.3 is 19.8 Å². The fourth-order valence-electron chi connectivity index (χ4n) is 7.14. The van der Waals surface area contributed by atoms with E-state index in [1.54, 1.807) is 0 Å². The molecule has 4 N–H and O–H groups in total. The lowest BCUT2D eigenvalue weighted by Gasteiger charge is -2.20. The van der Waals surface area contributed by atoms with Gasteiger partial charge in [0.05, 0.1) is 19.8 Å². The first-order valence-electron chi connectivity index (χ1n) is 24.1. The molecule has 0 amide bonds. The van der Waals surface area contributed by atoms with Crippen molar-refractivity contribution in [2.24, 2.45) is 5.73 Å². The summed E-state index contributed by atoms with van der Waals surface area (Å²) in [5, 5.41) is 8.91. The van der Waals surface area contributed by atoms with Crippen LogP contribution in [0.5, 0.6) is 0 Å². The Morgan fingerprint density at radius 2 is 0.807 bits per heavy atom. The van der Waals surface area contributed by atoms with E-state index < -0.39 is 45.1 Å². The van der Waals surface area contributed by atoms with Crippen LogP contribution in [0.1, 0.15) is 245 Å². The summed E-state index contributed by atoms with van der Waals surface area (Å²) in [4.78, 5) is 33.6. The maximum absolute atomic E-state index is 12.7. The number of rotatable bonds is 47. The number of carboxylic acid groups (broad SMARTS) is 1. The molecular weight excluding hydrogens is 741 g/mol. The summed E-state index contributed by atoms with van der Waals surface area (Å²) in [6.07, 6.45) is 44.4. The van der Waals surface area contributed by atoms with E-state index in [0.717, 1.165) is 38.5 Å². The Morgan fingerprint density at radius 1 is 0.491 bits per heavy atom. The van der Waals surface area contributed by atoms with Gasteiger partial charge in [-0.2, -0.15) is 0 Å². The third-order valence-corrected chi connectivity index (χ3v) is 11.8. The number of nitrogens with two attached hydrogens (primary N) is 1. The number of carbonyl (C=O) groups is 2. The van der Waals surface area contributed by atoms with Crippen molar-refractivity contribution in [3.63, 3.8) is 0 Å². The molecule has 340 valence electrons. The lowest BCUT2D eigenvalue weighted by atomic mass is 10.0. The van der Waals surface area contributed by atoms with E-state index in [1.807, 2.05) is 0 Å². The second-order valence-electron chi connectivity index (χ2n) is 16.6. The van der Waals surface area contributed by atoms with Crippen LogP contribution >= 0.6 is 7.82 Å². The molecule has 0 fully saturated rings. The maximum Gasteiger partial charge on any atom is 0.472 e. The summed E-state index contributed by atoms with van der Waals surface area (Å²) in [7, 11) is -4.61. The van der Waals surface area contributed by atoms with Gasteiger partial charge in [0.2, 0.25) is 0 Å². The Balaban J connectivity index is 4.12. The third-order valence-electron chi connectivity index (χ3n) is 10.9. The fourth-order valence-corrected chi connectivity index (χ4v) is 7.91. The lowest BCUT2D eigenvalue weighted by Crippen LogP contribution is -2.34. The van der Waals surface area contributed by atoms with Crippen molar-refractivity contribution in [1.29, 1.82) is 0 Å². The number of carbonyl (C=O) groups excluding carboxylic acids is 1. The van der Waals surface area contributed by atoms with Crippen molar-refractivity contribution < 1.29 is 42.7 Å². The number of phosphoric acid groups is 1.